The summed E-state index contributed by atoms with van der Waals surface area (Å²) in [6, 6.07) is 0.432. The first-order chi connectivity index (χ1) is 5.59. The van der Waals surface area contributed by atoms with Crippen molar-refractivity contribution in [1.82, 2.24) is 9.80 Å². The van der Waals surface area contributed by atoms with Crippen molar-refractivity contribution in [2.75, 3.05) is 33.7 Å². The predicted octanol–water partition coefficient (Wildman–Crippen LogP) is -0.442. The molecule has 0 bridgehead atoms. The first-order valence-corrected chi connectivity index (χ1v) is 4.31. The molecule has 1 aliphatic rings. The van der Waals surface area contributed by atoms with Gasteiger partial charge in [-0.3, -0.25) is 5.41 Å². The van der Waals surface area contributed by atoms with E-state index in [-0.39, 0.29) is 0 Å². The molecule has 1 atom stereocenters. The smallest absolute Gasteiger partial charge is 0.0921 e. The molecule has 0 aromatic heterocycles. The molecule has 0 amide bonds. The number of nitrogens with two attached hydrogens (primary N) is 1. The first kappa shape index (κ1) is 9.48. The number of hydrogen-bond acceptors (Lipinski definition) is 3. The molecule has 0 aromatic carbocycles. The van der Waals surface area contributed by atoms with Gasteiger partial charge in [-0.25, -0.2) is 0 Å². The maximum atomic E-state index is 7.22. The molecule has 0 spiro atoms. The maximum absolute atomic E-state index is 7.22. The first-order valence-electron chi connectivity index (χ1n) is 4.31. The van der Waals surface area contributed by atoms with Crippen LogP contribution < -0.4 is 5.73 Å². The van der Waals surface area contributed by atoms with E-state index in [0.29, 0.717) is 18.3 Å². The molecule has 1 aliphatic heterocycles. The van der Waals surface area contributed by atoms with E-state index in [1.54, 1.807) is 0 Å². The van der Waals surface area contributed by atoms with Crippen LogP contribution in [0.1, 0.15) is 6.42 Å². The van der Waals surface area contributed by atoms with Crippen molar-refractivity contribution in [1.29, 1.82) is 5.41 Å². The zero-order chi connectivity index (χ0) is 9.14. The van der Waals surface area contributed by atoms with Crippen molar-refractivity contribution in [2.45, 2.75) is 12.5 Å². The van der Waals surface area contributed by atoms with E-state index in [2.05, 4.69) is 23.9 Å². The molecule has 1 heterocycles. The Hall–Kier alpha value is -0.610. The number of amidine groups is 1. The molecule has 12 heavy (non-hydrogen) atoms. The van der Waals surface area contributed by atoms with Crippen LogP contribution in [0.3, 0.4) is 0 Å². The van der Waals surface area contributed by atoms with Crippen molar-refractivity contribution in [3.8, 4) is 0 Å². The molecule has 0 saturated carbocycles. The molecule has 1 saturated heterocycles. The summed E-state index contributed by atoms with van der Waals surface area (Å²) in [5.74, 6) is 0.294. The maximum Gasteiger partial charge on any atom is 0.0921 e. The number of nitrogens with one attached hydrogen (secondary N) is 1. The van der Waals surface area contributed by atoms with Crippen LogP contribution in [0.5, 0.6) is 0 Å². The van der Waals surface area contributed by atoms with E-state index >= 15 is 0 Å². The van der Waals surface area contributed by atoms with Gasteiger partial charge in [-0.15, -0.1) is 0 Å². The molecule has 0 radical (unpaired) electrons. The van der Waals surface area contributed by atoms with Crippen LogP contribution in [0.25, 0.3) is 0 Å². The summed E-state index contributed by atoms with van der Waals surface area (Å²) >= 11 is 0. The third kappa shape index (κ3) is 2.46. The second-order valence-corrected chi connectivity index (χ2v) is 3.63. The minimum absolute atomic E-state index is 0.294. The molecule has 0 aromatic rings. The van der Waals surface area contributed by atoms with Crippen molar-refractivity contribution in [3.63, 3.8) is 0 Å². The second-order valence-electron chi connectivity index (χ2n) is 3.63. The molecule has 70 valence electrons. The second kappa shape index (κ2) is 3.87. The highest BCUT2D eigenvalue weighted by molar-refractivity contribution is 5.77. The molecule has 1 unspecified atom stereocenters. The minimum atomic E-state index is 0.294. The van der Waals surface area contributed by atoms with Crippen molar-refractivity contribution in [3.05, 3.63) is 0 Å². The van der Waals surface area contributed by atoms with E-state index in [4.69, 9.17) is 11.1 Å². The van der Waals surface area contributed by atoms with Gasteiger partial charge in [0.05, 0.1) is 5.84 Å². The Balaban J connectivity index is 2.43. The lowest BCUT2D eigenvalue weighted by molar-refractivity contribution is 0.118. The molecule has 3 N–H and O–H groups in total. The Morgan fingerprint density at radius 2 is 2.17 bits per heavy atom. The fraction of sp³-hybridized carbons (Fsp3) is 0.875. The summed E-state index contributed by atoms with van der Waals surface area (Å²) in [7, 11) is 4.21. The summed E-state index contributed by atoms with van der Waals surface area (Å²) in [4.78, 5) is 4.56. The third-order valence-corrected chi connectivity index (χ3v) is 2.44. The van der Waals surface area contributed by atoms with Crippen LogP contribution in [-0.2, 0) is 0 Å². The standard InChI is InChI=1S/C8H18N4/c1-11-3-4-12(2)7(6-11)5-8(9)10/h7H,3-6H2,1-2H3,(H3,9,10). The van der Waals surface area contributed by atoms with Gasteiger partial charge >= 0.3 is 0 Å². The Labute approximate surface area is 73.8 Å². The minimum Gasteiger partial charge on any atom is -0.388 e. The van der Waals surface area contributed by atoms with Crippen LogP contribution >= 0.6 is 0 Å². The predicted molar refractivity (Wildman–Crippen MR) is 50.4 cm³/mol. The van der Waals surface area contributed by atoms with Crippen LogP contribution in [-0.4, -0.2) is 55.4 Å². The van der Waals surface area contributed by atoms with Gasteiger partial charge in [0.1, 0.15) is 0 Å². The van der Waals surface area contributed by atoms with Crippen LogP contribution in [0.4, 0.5) is 0 Å². The Bertz CT molecular complexity index is 168. The fourth-order valence-corrected chi connectivity index (χ4v) is 1.58. The Morgan fingerprint density at radius 1 is 1.50 bits per heavy atom. The largest absolute Gasteiger partial charge is 0.388 e. The lowest BCUT2D eigenvalue weighted by Crippen LogP contribution is -2.51. The highest BCUT2D eigenvalue weighted by Gasteiger charge is 2.22. The Kier molecular flexibility index (Phi) is 3.05. The van der Waals surface area contributed by atoms with E-state index < -0.39 is 0 Å². The highest BCUT2D eigenvalue weighted by Crippen LogP contribution is 2.08. The van der Waals surface area contributed by atoms with E-state index in [0.717, 1.165) is 19.6 Å². The average molecular weight is 170 g/mol. The SMILES string of the molecule is CN1CCN(C)C(CC(=N)N)C1. The molecule has 4 heteroatoms. The van der Waals surface area contributed by atoms with Gasteiger partial charge in [-0.1, -0.05) is 0 Å². The van der Waals surface area contributed by atoms with E-state index in [9.17, 15) is 0 Å². The topological polar surface area (TPSA) is 56.4 Å². The molecule has 1 fully saturated rings. The fourth-order valence-electron chi connectivity index (χ4n) is 1.58. The summed E-state index contributed by atoms with van der Waals surface area (Å²) in [5.41, 5.74) is 5.37. The zero-order valence-electron chi connectivity index (χ0n) is 7.88. The van der Waals surface area contributed by atoms with Gasteiger partial charge in [0.15, 0.2) is 0 Å². The number of hydrogen-bond donors (Lipinski definition) is 2. The molecule has 0 aliphatic carbocycles. The summed E-state index contributed by atoms with van der Waals surface area (Å²) in [5, 5.41) is 7.22. The van der Waals surface area contributed by atoms with Crippen molar-refractivity contribution >= 4 is 5.84 Å². The number of nitrogens with zero attached hydrogens (tertiary/aromatic N) is 2. The third-order valence-electron chi connectivity index (χ3n) is 2.44. The normalized spacial score (nSPS) is 27.3. The monoisotopic (exact) mass is 170 g/mol. The summed E-state index contributed by atoms with van der Waals surface area (Å²) in [6.45, 7) is 3.22. The summed E-state index contributed by atoms with van der Waals surface area (Å²) in [6.07, 6.45) is 0.695. The van der Waals surface area contributed by atoms with Gasteiger partial charge < -0.3 is 15.5 Å². The van der Waals surface area contributed by atoms with Crippen LogP contribution in [0.15, 0.2) is 0 Å². The highest BCUT2D eigenvalue weighted by atomic mass is 15.3. The van der Waals surface area contributed by atoms with Gasteiger partial charge in [0.2, 0.25) is 0 Å². The van der Waals surface area contributed by atoms with E-state index in [1.807, 2.05) is 0 Å². The Morgan fingerprint density at radius 3 is 2.75 bits per heavy atom. The van der Waals surface area contributed by atoms with E-state index in [1.165, 1.54) is 0 Å². The van der Waals surface area contributed by atoms with Gasteiger partial charge in [-0.2, -0.15) is 0 Å². The molecule has 4 nitrogen and oxygen atoms in total. The lowest BCUT2D eigenvalue weighted by atomic mass is 10.1. The molecular weight excluding hydrogens is 152 g/mol. The number of likely N-dealkylation sites (N-methyl/N-ethyl adjacent to an activating group) is 2. The van der Waals surface area contributed by atoms with Gasteiger partial charge in [-0.05, 0) is 14.1 Å². The number of piperazine rings is 1. The van der Waals surface area contributed by atoms with Crippen molar-refractivity contribution in [2.24, 2.45) is 5.73 Å². The lowest BCUT2D eigenvalue weighted by Gasteiger charge is -2.37. The molecule has 1 rings (SSSR count). The van der Waals surface area contributed by atoms with Gasteiger partial charge in [0.25, 0.3) is 0 Å². The quantitative estimate of drug-likeness (QED) is 0.436. The van der Waals surface area contributed by atoms with Crippen LogP contribution in [0.2, 0.25) is 0 Å². The number of rotatable bonds is 2. The van der Waals surface area contributed by atoms with Gasteiger partial charge in [0, 0.05) is 32.1 Å². The molecular formula is C8H18N4. The van der Waals surface area contributed by atoms with Crippen LogP contribution in [0, 0.1) is 5.41 Å². The zero-order valence-corrected chi connectivity index (χ0v) is 7.88. The van der Waals surface area contributed by atoms with Crippen molar-refractivity contribution < 1.29 is 0 Å². The average Bonchev–Trinajstić information content (AvgIpc) is 1.96. The summed E-state index contributed by atoms with van der Waals surface area (Å²) < 4.78 is 0.